The fourth-order valence-electron chi connectivity index (χ4n) is 2.05. The Morgan fingerprint density at radius 2 is 1.94 bits per heavy atom. The van der Waals surface area contributed by atoms with E-state index in [-0.39, 0.29) is 11.9 Å². The van der Waals surface area contributed by atoms with Crippen LogP contribution >= 0.6 is 11.6 Å². The highest BCUT2D eigenvalue weighted by atomic mass is 35.5. The van der Waals surface area contributed by atoms with E-state index in [4.69, 9.17) is 16.0 Å². The van der Waals surface area contributed by atoms with Crippen molar-refractivity contribution in [1.29, 1.82) is 0 Å². The van der Waals surface area contributed by atoms with Gasteiger partial charge in [-0.05, 0) is 45.0 Å². The molecule has 0 radical (unpaired) electrons. The Balaban J connectivity index is 2.20. The summed E-state index contributed by atoms with van der Waals surface area (Å²) in [4.78, 5) is 0. The van der Waals surface area contributed by atoms with Crippen LogP contribution in [0.2, 0.25) is 5.02 Å². The van der Waals surface area contributed by atoms with Gasteiger partial charge in [0.15, 0.2) is 0 Å². The Labute approximate surface area is 111 Å². The predicted molar refractivity (Wildman–Crippen MR) is 71.6 cm³/mol. The van der Waals surface area contributed by atoms with Crippen molar-refractivity contribution in [2.24, 2.45) is 0 Å². The summed E-state index contributed by atoms with van der Waals surface area (Å²) in [5.74, 6) is 1.39. The minimum atomic E-state index is -0.350. The minimum Gasteiger partial charge on any atom is -0.466 e. The van der Waals surface area contributed by atoms with E-state index in [0.717, 1.165) is 17.1 Å². The molecule has 0 bridgehead atoms. The molecule has 0 spiro atoms. The van der Waals surface area contributed by atoms with Gasteiger partial charge in [-0.25, -0.2) is 4.39 Å². The first-order chi connectivity index (χ1) is 8.45. The monoisotopic (exact) mass is 267 g/mol. The molecule has 0 saturated carbocycles. The molecule has 2 rings (SSSR count). The van der Waals surface area contributed by atoms with E-state index in [1.165, 1.54) is 12.1 Å². The first-order valence-electron chi connectivity index (χ1n) is 5.75. The van der Waals surface area contributed by atoms with Crippen molar-refractivity contribution in [3.05, 3.63) is 52.2 Å². The van der Waals surface area contributed by atoms with Crippen LogP contribution in [0.1, 0.15) is 30.0 Å². The average molecular weight is 268 g/mol. The summed E-state index contributed by atoms with van der Waals surface area (Å²) in [5, 5.41) is 3.59. The molecule has 1 aromatic heterocycles. The summed E-state index contributed by atoms with van der Waals surface area (Å²) in [6.07, 6.45) is 0. The smallest absolute Gasteiger partial charge is 0.126 e. The highest BCUT2D eigenvalue weighted by molar-refractivity contribution is 6.30. The van der Waals surface area contributed by atoms with Crippen molar-refractivity contribution in [3.63, 3.8) is 0 Å². The number of halogens is 2. The molecule has 1 N–H and O–H groups in total. The van der Waals surface area contributed by atoms with Crippen LogP contribution in [-0.4, -0.2) is 0 Å². The van der Waals surface area contributed by atoms with Crippen LogP contribution in [0.15, 0.2) is 28.7 Å². The number of hydrogen-bond acceptors (Lipinski definition) is 2. The number of furan rings is 1. The van der Waals surface area contributed by atoms with E-state index in [9.17, 15) is 4.39 Å². The lowest BCUT2D eigenvalue weighted by molar-refractivity contribution is 0.500. The zero-order chi connectivity index (χ0) is 13.3. The molecular weight excluding hydrogens is 253 g/mol. The zero-order valence-electron chi connectivity index (χ0n) is 10.6. The maximum absolute atomic E-state index is 13.2. The first-order valence-corrected chi connectivity index (χ1v) is 6.13. The van der Waals surface area contributed by atoms with Crippen molar-refractivity contribution in [1.82, 2.24) is 0 Å². The van der Waals surface area contributed by atoms with Crippen LogP contribution in [0.4, 0.5) is 10.1 Å². The second kappa shape index (κ2) is 5.02. The minimum absolute atomic E-state index is 0.0281. The van der Waals surface area contributed by atoms with Gasteiger partial charge in [0.25, 0.3) is 0 Å². The standard InChI is InChI=1S/C14H15ClFNO/c1-8-4-14(10(3)18-8)9(2)17-13-6-11(15)5-12(16)7-13/h4-7,9,17H,1-3H3. The SMILES string of the molecule is Cc1cc(C(C)Nc2cc(F)cc(Cl)c2)c(C)o1. The van der Waals surface area contributed by atoms with Gasteiger partial charge in [0, 0.05) is 16.3 Å². The lowest BCUT2D eigenvalue weighted by Gasteiger charge is -2.15. The fraction of sp³-hybridized carbons (Fsp3) is 0.286. The van der Waals surface area contributed by atoms with Gasteiger partial charge in [0.1, 0.15) is 17.3 Å². The highest BCUT2D eigenvalue weighted by Crippen LogP contribution is 2.26. The summed E-state index contributed by atoms with van der Waals surface area (Å²) in [6.45, 7) is 5.82. The van der Waals surface area contributed by atoms with Crippen LogP contribution in [0.25, 0.3) is 0 Å². The molecule has 1 aromatic carbocycles. The molecule has 0 aliphatic rings. The first kappa shape index (κ1) is 13.0. The van der Waals surface area contributed by atoms with Gasteiger partial charge < -0.3 is 9.73 Å². The molecule has 1 heterocycles. The molecule has 0 saturated heterocycles. The molecule has 4 heteroatoms. The van der Waals surface area contributed by atoms with E-state index in [2.05, 4.69) is 5.32 Å². The van der Waals surface area contributed by atoms with Crippen LogP contribution in [0.5, 0.6) is 0 Å². The van der Waals surface area contributed by atoms with Gasteiger partial charge in [-0.15, -0.1) is 0 Å². The Morgan fingerprint density at radius 3 is 2.50 bits per heavy atom. The summed E-state index contributed by atoms with van der Waals surface area (Å²) < 4.78 is 18.7. The molecule has 18 heavy (non-hydrogen) atoms. The Hall–Kier alpha value is -1.48. The maximum Gasteiger partial charge on any atom is 0.126 e. The number of rotatable bonds is 3. The molecule has 96 valence electrons. The number of nitrogens with one attached hydrogen (secondary N) is 1. The third-order valence-electron chi connectivity index (χ3n) is 2.79. The van der Waals surface area contributed by atoms with Crippen LogP contribution in [0, 0.1) is 19.7 Å². The fourth-order valence-corrected chi connectivity index (χ4v) is 2.27. The largest absolute Gasteiger partial charge is 0.466 e. The number of anilines is 1. The van der Waals surface area contributed by atoms with E-state index in [1.54, 1.807) is 6.07 Å². The lowest BCUT2D eigenvalue weighted by atomic mass is 10.1. The Kier molecular flexibility index (Phi) is 3.62. The average Bonchev–Trinajstić information content (AvgIpc) is 2.56. The van der Waals surface area contributed by atoms with E-state index < -0.39 is 0 Å². The number of hydrogen-bond donors (Lipinski definition) is 1. The molecular formula is C14H15ClFNO. The molecule has 0 fully saturated rings. The third-order valence-corrected chi connectivity index (χ3v) is 3.01. The van der Waals surface area contributed by atoms with Crippen molar-refractivity contribution >= 4 is 17.3 Å². The van der Waals surface area contributed by atoms with E-state index in [1.807, 2.05) is 26.8 Å². The van der Waals surface area contributed by atoms with Crippen LogP contribution in [-0.2, 0) is 0 Å². The molecule has 1 atom stereocenters. The van der Waals surface area contributed by atoms with Gasteiger partial charge in [-0.2, -0.15) is 0 Å². The summed E-state index contributed by atoms with van der Waals surface area (Å²) in [6, 6.07) is 6.41. The van der Waals surface area contributed by atoms with E-state index in [0.29, 0.717) is 10.7 Å². The summed E-state index contributed by atoms with van der Waals surface area (Å²) in [5.41, 5.74) is 1.72. The van der Waals surface area contributed by atoms with Gasteiger partial charge in [-0.3, -0.25) is 0 Å². The summed E-state index contributed by atoms with van der Waals surface area (Å²) >= 11 is 5.82. The van der Waals surface area contributed by atoms with Crippen LogP contribution in [0.3, 0.4) is 0 Å². The molecule has 2 aromatic rings. The molecule has 1 unspecified atom stereocenters. The second-order valence-corrected chi connectivity index (χ2v) is 4.83. The maximum atomic E-state index is 13.2. The lowest BCUT2D eigenvalue weighted by Crippen LogP contribution is -2.07. The quantitative estimate of drug-likeness (QED) is 0.859. The van der Waals surface area contributed by atoms with Crippen molar-refractivity contribution in [3.8, 4) is 0 Å². The highest BCUT2D eigenvalue weighted by Gasteiger charge is 2.13. The van der Waals surface area contributed by atoms with Gasteiger partial charge >= 0.3 is 0 Å². The molecule has 0 aliphatic heterocycles. The zero-order valence-corrected chi connectivity index (χ0v) is 11.3. The molecule has 2 nitrogen and oxygen atoms in total. The van der Waals surface area contributed by atoms with Gasteiger partial charge in [0.05, 0.1) is 6.04 Å². The van der Waals surface area contributed by atoms with Gasteiger partial charge in [-0.1, -0.05) is 11.6 Å². The predicted octanol–water partition coefficient (Wildman–Crippen LogP) is 4.86. The van der Waals surface area contributed by atoms with Crippen molar-refractivity contribution < 1.29 is 8.81 Å². The van der Waals surface area contributed by atoms with E-state index >= 15 is 0 Å². The Bertz CT molecular complexity index is 545. The molecule has 0 amide bonds. The van der Waals surface area contributed by atoms with Gasteiger partial charge in [0.2, 0.25) is 0 Å². The second-order valence-electron chi connectivity index (χ2n) is 4.39. The topological polar surface area (TPSA) is 25.2 Å². The van der Waals surface area contributed by atoms with Crippen molar-refractivity contribution in [2.75, 3.05) is 5.32 Å². The molecule has 0 aliphatic carbocycles. The summed E-state index contributed by atoms with van der Waals surface area (Å²) in [7, 11) is 0. The van der Waals surface area contributed by atoms with Crippen LogP contribution < -0.4 is 5.32 Å². The Morgan fingerprint density at radius 1 is 1.22 bits per heavy atom. The number of benzene rings is 1. The van der Waals surface area contributed by atoms with Crippen molar-refractivity contribution in [2.45, 2.75) is 26.8 Å². The normalized spacial score (nSPS) is 12.5. The third kappa shape index (κ3) is 2.85. The number of aryl methyl sites for hydroxylation is 2.